The number of hydrogen-bond donors (Lipinski definition) is 1. The first kappa shape index (κ1) is 12.0. The Morgan fingerprint density at radius 2 is 1.88 bits per heavy atom. The molecule has 17 heavy (non-hydrogen) atoms. The summed E-state index contributed by atoms with van der Waals surface area (Å²) in [7, 11) is 0. The van der Waals surface area contributed by atoms with E-state index in [-0.39, 0.29) is 6.04 Å². The Labute approximate surface area is 98.0 Å². The molecule has 0 aromatic heterocycles. The second kappa shape index (κ2) is 4.80. The highest BCUT2D eigenvalue weighted by Crippen LogP contribution is 2.28. The maximum Gasteiger partial charge on any atom is 0.416 e. The van der Waals surface area contributed by atoms with Crippen molar-refractivity contribution in [2.75, 3.05) is 6.54 Å². The van der Waals surface area contributed by atoms with E-state index in [2.05, 4.69) is 17.2 Å². The van der Waals surface area contributed by atoms with Gasteiger partial charge in [0.05, 0.1) is 11.6 Å². The van der Waals surface area contributed by atoms with Gasteiger partial charge in [0.2, 0.25) is 0 Å². The highest BCUT2D eigenvalue weighted by molar-refractivity contribution is 5.37. The summed E-state index contributed by atoms with van der Waals surface area (Å²) in [5.41, 5.74) is -0.0197. The molecule has 0 amide bonds. The first-order chi connectivity index (χ1) is 8.05. The Kier molecular flexibility index (Phi) is 3.39. The summed E-state index contributed by atoms with van der Waals surface area (Å²) >= 11 is 0. The van der Waals surface area contributed by atoms with Crippen molar-refractivity contribution < 1.29 is 13.2 Å². The van der Waals surface area contributed by atoms with E-state index in [1.807, 2.05) is 0 Å². The van der Waals surface area contributed by atoms with Gasteiger partial charge in [0.25, 0.3) is 0 Å². The van der Waals surface area contributed by atoms with Crippen LogP contribution in [0.4, 0.5) is 13.2 Å². The molecular formula is C13H12F3N. The van der Waals surface area contributed by atoms with Crippen molar-refractivity contribution in [2.45, 2.75) is 25.1 Å². The summed E-state index contributed by atoms with van der Waals surface area (Å²) in [4.78, 5) is 0. The molecular weight excluding hydrogens is 227 g/mol. The maximum atomic E-state index is 12.3. The first-order valence-corrected chi connectivity index (χ1v) is 5.48. The van der Waals surface area contributed by atoms with Crippen LogP contribution in [0.15, 0.2) is 24.3 Å². The Bertz CT molecular complexity index is 430. The highest BCUT2D eigenvalue weighted by Gasteiger charge is 2.29. The predicted molar refractivity (Wildman–Crippen MR) is 59.3 cm³/mol. The van der Waals surface area contributed by atoms with E-state index in [1.165, 1.54) is 12.1 Å². The van der Waals surface area contributed by atoms with Gasteiger partial charge in [0.15, 0.2) is 0 Å². The second-order valence-corrected chi connectivity index (χ2v) is 3.99. The average Bonchev–Trinajstić information content (AvgIpc) is 2.78. The van der Waals surface area contributed by atoms with E-state index >= 15 is 0 Å². The van der Waals surface area contributed by atoms with Gasteiger partial charge in [-0.2, -0.15) is 13.2 Å². The third-order valence-electron chi connectivity index (χ3n) is 2.66. The van der Waals surface area contributed by atoms with Gasteiger partial charge in [0.1, 0.15) is 0 Å². The standard InChI is InChI=1S/C13H12F3N/c14-13(15,16)11-6-3-10(4-7-11)5-8-12-2-1-9-17-12/h3-4,6-7,12,17H,1-2,9H2. The summed E-state index contributed by atoms with van der Waals surface area (Å²) < 4.78 is 36.9. The van der Waals surface area contributed by atoms with Crippen LogP contribution in [0.25, 0.3) is 0 Å². The van der Waals surface area contributed by atoms with Crippen molar-refractivity contribution in [2.24, 2.45) is 0 Å². The molecule has 1 aromatic carbocycles. The zero-order valence-corrected chi connectivity index (χ0v) is 9.14. The van der Waals surface area contributed by atoms with Gasteiger partial charge in [-0.25, -0.2) is 0 Å². The van der Waals surface area contributed by atoms with Crippen LogP contribution in [-0.2, 0) is 6.18 Å². The van der Waals surface area contributed by atoms with Crippen LogP contribution in [0.5, 0.6) is 0 Å². The minimum atomic E-state index is -4.28. The van der Waals surface area contributed by atoms with E-state index in [1.54, 1.807) is 0 Å². The normalized spacial score (nSPS) is 19.8. The molecule has 4 heteroatoms. The third kappa shape index (κ3) is 3.24. The van der Waals surface area contributed by atoms with Gasteiger partial charge in [0, 0.05) is 5.56 Å². The lowest BCUT2D eigenvalue weighted by atomic mass is 10.1. The Morgan fingerprint density at radius 1 is 1.18 bits per heavy atom. The molecule has 1 unspecified atom stereocenters. The molecule has 0 bridgehead atoms. The lowest BCUT2D eigenvalue weighted by Crippen LogP contribution is -2.18. The Morgan fingerprint density at radius 3 is 2.41 bits per heavy atom. The zero-order chi connectivity index (χ0) is 12.3. The van der Waals surface area contributed by atoms with E-state index in [0.29, 0.717) is 5.56 Å². The molecule has 1 N–H and O–H groups in total. The van der Waals surface area contributed by atoms with Crippen molar-refractivity contribution in [1.29, 1.82) is 0 Å². The Balaban J connectivity index is 2.07. The van der Waals surface area contributed by atoms with Crippen LogP contribution in [0.2, 0.25) is 0 Å². The molecule has 0 radical (unpaired) electrons. The maximum absolute atomic E-state index is 12.3. The highest BCUT2D eigenvalue weighted by atomic mass is 19.4. The molecule has 1 aliphatic heterocycles. The molecule has 1 atom stereocenters. The fourth-order valence-electron chi connectivity index (χ4n) is 1.72. The number of benzene rings is 1. The molecule has 1 fully saturated rings. The van der Waals surface area contributed by atoms with E-state index in [4.69, 9.17) is 0 Å². The number of rotatable bonds is 0. The van der Waals surface area contributed by atoms with Gasteiger partial charge >= 0.3 is 6.18 Å². The topological polar surface area (TPSA) is 12.0 Å². The minimum absolute atomic E-state index is 0.178. The van der Waals surface area contributed by atoms with Gasteiger partial charge in [-0.3, -0.25) is 0 Å². The minimum Gasteiger partial charge on any atom is -0.304 e. The van der Waals surface area contributed by atoms with Crippen LogP contribution in [0.3, 0.4) is 0 Å². The van der Waals surface area contributed by atoms with E-state index in [9.17, 15) is 13.2 Å². The van der Waals surface area contributed by atoms with E-state index < -0.39 is 11.7 Å². The molecule has 2 rings (SSSR count). The van der Waals surface area contributed by atoms with Crippen molar-refractivity contribution in [3.63, 3.8) is 0 Å². The Hall–Kier alpha value is -1.47. The van der Waals surface area contributed by atoms with E-state index in [0.717, 1.165) is 31.5 Å². The lowest BCUT2D eigenvalue weighted by Gasteiger charge is -2.05. The number of hydrogen-bond acceptors (Lipinski definition) is 1. The molecule has 0 spiro atoms. The molecule has 1 nitrogen and oxygen atoms in total. The van der Waals surface area contributed by atoms with Crippen LogP contribution < -0.4 is 5.32 Å². The third-order valence-corrected chi connectivity index (χ3v) is 2.66. The van der Waals surface area contributed by atoms with Crippen molar-refractivity contribution in [3.05, 3.63) is 35.4 Å². The average molecular weight is 239 g/mol. The van der Waals surface area contributed by atoms with Gasteiger partial charge in [-0.05, 0) is 43.7 Å². The van der Waals surface area contributed by atoms with Gasteiger partial charge in [-0.15, -0.1) is 0 Å². The fourth-order valence-corrected chi connectivity index (χ4v) is 1.72. The van der Waals surface area contributed by atoms with Crippen LogP contribution >= 0.6 is 0 Å². The predicted octanol–water partition coefficient (Wildman–Crippen LogP) is 2.81. The molecule has 1 aliphatic rings. The summed E-state index contributed by atoms with van der Waals surface area (Å²) in [5.74, 6) is 5.90. The molecule has 1 heterocycles. The van der Waals surface area contributed by atoms with Crippen molar-refractivity contribution in [3.8, 4) is 11.8 Å². The monoisotopic (exact) mass is 239 g/mol. The largest absolute Gasteiger partial charge is 0.416 e. The summed E-state index contributed by atoms with van der Waals surface area (Å²) in [5, 5.41) is 3.21. The second-order valence-electron chi connectivity index (χ2n) is 3.99. The smallest absolute Gasteiger partial charge is 0.304 e. The SMILES string of the molecule is FC(F)(F)c1ccc(C#CC2CCCN2)cc1. The fraction of sp³-hybridized carbons (Fsp3) is 0.385. The number of alkyl halides is 3. The summed E-state index contributed by atoms with van der Waals surface area (Å²) in [6.45, 7) is 0.965. The quantitative estimate of drug-likeness (QED) is 0.686. The first-order valence-electron chi connectivity index (χ1n) is 5.48. The molecule has 90 valence electrons. The van der Waals surface area contributed by atoms with Crippen molar-refractivity contribution in [1.82, 2.24) is 5.32 Å². The zero-order valence-electron chi connectivity index (χ0n) is 9.14. The lowest BCUT2D eigenvalue weighted by molar-refractivity contribution is -0.137. The van der Waals surface area contributed by atoms with Crippen molar-refractivity contribution >= 4 is 0 Å². The molecule has 1 saturated heterocycles. The molecule has 0 saturated carbocycles. The van der Waals surface area contributed by atoms with Gasteiger partial charge < -0.3 is 5.32 Å². The van der Waals surface area contributed by atoms with Crippen LogP contribution in [0.1, 0.15) is 24.0 Å². The summed E-state index contributed by atoms with van der Waals surface area (Å²) in [6.07, 6.45) is -2.17. The summed E-state index contributed by atoms with van der Waals surface area (Å²) in [6, 6.07) is 5.12. The molecule has 0 aliphatic carbocycles. The van der Waals surface area contributed by atoms with Crippen LogP contribution in [-0.4, -0.2) is 12.6 Å². The number of nitrogens with one attached hydrogen (secondary N) is 1. The number of halogens is 3. The van der Waals surface area contributed by atoms with Gasteiger partial charge in [-0.1, -0.05) is 11.8 Å². The molecule has 1 aromatic rings. The van der Waals surface area contributed by atoms with Crippen LogP contribution in [0, 0.1) is 11.8 Å².